The van der Waals surface area contributed by atoms with Crippen LogP contribution in [0.1, 0.15) is 71.7 Å². The van der Waals surface area contributed by atoms with Gasteiger partial charge in [-0.15, -0.1) is 0 Å². The third-order valence-corrected chi connectivity index (χ3v) is 16.2. The molecule has 16 heteroatoms. The Labute approximate surface area is 386 Å². The number of ether oxygens (including phenoxy) is 2. The number of carbonyl (C=O) groups excluding carboxylic acids is 6. The van der Waals surface area contributed by atoms with Crippen LogP contribution in [0.5, 0.6) is 0 Å². The summed E-state index contributed by atoms with van der Waals surface area (Å²) in [6.45, 7) is 9.51. The average Bonchev–Trinajstić information content (AvgIpc) is 3.92. The average molecular weight is 928 g/mol. The lowest BCUT2D eigenvalue weighted by molar-refractivity contribution is -0.235. The largest absolute Gasteiger partial charge is 0.390 e. The number of fused-ring (bicyclic) bond motifs is 7. The number of nitrogens with one attached hydrogen (secondary N) is 1. The third-order valence-electron chi connectivity index (χ3n) is 15.2. The fourth-order valence-corrected chi connectivity index (χ4v) is 12.4. The van der Waals surface area contributed by atoms with Gasteiger partial charge in [0, 0.05) is 82.3 Å². The predicted octanol–water partition coefficient (Wildman–Crippen LogP) is 5.85. The van der Waals surface area contributed by atoms with Gasteiger partial charge in [-0.3, -0.25) is 33.7 Å². The fourth-order valence-electron chi connectivity index (χ4n) is 11.6. The maximum absolute atomic E-state index is 17.8. The van der Waals surface area contributed by atoms with E-state index in [0.29, 0.717) is 16.8 Å². The topological polar surface area (TPSA) is 180 Å². The van der Waals surface area contributed by atoms with Gasteiger partial charge in [-0.25, -0.2) is 8.78 Å². The molecule has 0 spiro atoms. The standard InChI is InChI=1S/C50H55F2N3O10S/c1-27-17-19-47(4)37(21-27)38(51)23-36-35-24-41-50(40(59)26-56,48(35,5)25-39(58)49(36,47)52)65-46(64-41)30-7-11-33(12-8-30)66-34-13-9-31(10-14-34)54(6)45(63)29(3)53-44(62)28(2)22-32(57)18-20-55-42(60)15-16-43(55)61/h7-17,19,21,28-29,35-36,38-39,41,46,56,58H,1,18,20,22-26H2,2-6H3,(H,53,62)/t28-,29+,35+,36+,38+,39+,41-,46+,47+,48+,49+,50-/m1/s1. The quantitative estimate of drug-likeness (QED) is 0.194. The number of allylic oxidation sites excluding steroid dienone is 5. The molecular weight excluding hydrogens is 873 g/mol. The molecule has 13 nitrogen and oxygen atoms in total. The maximum Gasteiger partial charge on any atom is 0.253 e. The minimum atomic E-state index is -2.24. The molecule has 3 N–H and O–H groups in total. The molecule has 4 amide bonds. The molecule has 4 aliphatic carbocycles. The monoisotopic (exact) mass is 927 g/mol. The Kier molecular flexibility index (Phi) is 12.6. The van der Waals surface area contributed by atoms with Crippen molar-refractivity contribution in [2.75, 3.05) is 25.1 Å². The molecule has 6 aliphatic rings. The number of aliphatic hydroxyl groups excluding tert-OH is 2. The van der Waals surface area contributed by atoms with Gasteiger partial charge in [0.05, 0.1) is 12.2 Å². The first kappa shape index (κ1) is 47.4. The van der Waals surface area contributed by atoms with Crippen LogP contribution < -0.4 is 10.2 Å². The number of benzene rings is 2. The highest BCUT2D eigenvalue weighted by Crippen LogP contribution is 2.72. The zero-order valence-corrected chi connectivity index (χ0v) is 38.3. The first-order valence-corrected chi connectivity index (χ1v) is 23.1. The molecule has 350 valence electrons. The number of halogens is 2. The summed E-state index contributed by atoms with van der Waals surface area (Å²) in [7, 11) is 1.59. The number of ketones is 2. The zero-order chi connectivity index (χ0) is 47.7. The van der Waals surface area contributed by atoms with Gasteiger partial charge in [0.1, 0.15) is 24.6 Å². The van der Waals surface area contributed by atoms with Crippen LogP contribution in [-0.2, 0) is 38.2 Å². The van der Waals surface area contributed by atoms with Gasteiger partial charge in [0.15, 0.2) is 23.3 Å². The lowest BCUT2D eigenvalue weighted by Crippen LogP contribution is -2.70. The summed E-state index contributed by atoms with van der Waals surface area (Å²) in [5.74, 6) is -5.06. The van der Waals surface area contributed by atoms with Crippen molar-refractivity contribution in [2.45, 2.75) is 112 Å². The summed E-state index contributed by atoms with van der Waals surface area (Å²) in [5.41, 5.74) is -4.59. The zero-order valence-electron chi connectivity index (χ0n) is 37.5. The Morgan fingerprint density at radius 2 is 1.62 bits per heavy atom. The van der Waals surface area contributed by atoms with Gasteiger partial charge in [-0.1, -0.05) is 62.5 Å². The van der Waals surface area contributed by atoms with E-state index in [-0.39, 0.29) is 55.9 Å². The molecular formula is C50H55F2N3O10S. The lowest BCUT2D eigenvalue weighted by Gasteiger charge is -2.63. The molecule has 12 atom stereocenters. The van der Waals surface area contributed by atoms with Gasteiger partial charge in [0.25, 0.3) is 11.8 Å². The molecule has 0 bridgehead atoms. The molecule has 2 aliphatic heterocycles. The number of aliphatic hydroxyl groups is 2. The van der Waals surface area contributed by atoms with E-state index in [2.05, 4.69) is 11.9 Å². The van der Waals surface area contributed by atoms with Crippen molar-refractivity contribution in [1.82, 2.24) is 10.2 Å². The Bertz CT molecular complexity index is 2440. The van der Waals surface area contributed by atoms with E-state index >= 15 is 8.78 Å². The normalized spacial score (nSPS) is 33.9. The van der Waals surface area contributed by atoms with Crippen LogP contribution in [0.15, 0.2) is 106 Å². The van der Waals surface area contributed by atoms with E-state index in [1.165, 1.54) is 16.7 Å². The Morgan fingerprint density at radius 3 is 2.26 bits per heavy atom. The molecule has 3 saturated carbocycles. The number of hydrogen-bond acceptors (Lipinski definition) is 11. The van der Waals surface area contributed by atoms with Gasteiger partial charge >= 0.3 is 0 Å². The van der Waals surface area contributed by atoms with E-state index in [9.17, 15) is 39.0 Å². The molecule has 66 heavy (non-hydrogen) atoms. The predicted molar refractivity (Wildman–Crippen MR) is 239 cm³/mol. The molecule has 2 aromatic rings. The van der Waals surface area contributed by atoms with Crippen LogP contribution in [0.3, 0.4) is 0 Å². The molecule has 2 aromatic carbocycles. The number of alkyl halides is 2. The second-order valence-corrected chi connectivity index (χ2v) is 20.2. The third kappa shape index (κ3) is 7.62. The van der Waals surface area contributed by atoms with E-state index in [1.807, 2.05) is 36.4 Å². The maximum atomic E-state index is 17.8. The van der Waals surface area contributed by atoms with E-state index in [4.69, 9.17) is 9.47 Å². The van der Waals surface area contributed by atoms with Gasteiger partial charge in [-0.05, 0) is 86.6 Å². The van der Waals surface area contributed by atoms with Crippen LogP contribution in [0.4, 0.5) is 14.5 Å². The van der Waals surface area contributed by atoms with E-state index in [0.717, 1.165) is 26.8 Å². The summed E-state index contributed by atoms with van der Waals surface area (Å²) in [6.07, 6.45) is 1.80. The minimum Gasteiger partial charge on any atom is -0.390 e. The van der Waals surface area contributed by atoms with Crippen molar-refractivity contribution in [3.63, 3.8) is 0 Å². The number of Topliss-reactive ketones (excluding diaryl/α,β-unsaturated/α-hetero) is 2. The van der Waals surface area contributed by atoms with Crippen LogP contribution in [0.25, 0.3) is 0 Å². The van der Waals surface area contributed by atoms with Gasteiger partial charge in [0.2, 0.25) is 11.8 Å². The smallest absolute Gasteiger partial charge is 0.253 e. The number of imide groups is 1. The highest BCUT2D eigenvalue weighted by molar-refractivity contribution is 7.99. The molecule has 0 radical (unpaired) electrons. The number of anilines is 1. The SMILES string of the molecule is C=C1C=C[C@@]2(C)C(=C1)[C@@H](F)C[C@H]1[C@@H]3C[C@H]4O[C@H](c5ccc(Sc6ccc(N(C)C(=O)[C@H](C)NC(=O)[C@H](C)CC(=O)CCN7C(=O)C=CC7=O)cc6)cc5)O[C@@]4(C(=O)CO)[C@@]3(C)C[C@H](O)[C@@]12F. The Morgan fingerprint density at radius 1 is 0.985 bits per heavy atom. The summed E-state index contributed by atoms with van der Waals surface area (Å²) in [6, 6.07) is 13.7. The summed E-state index contributed by atoms with van der Waals surface area (Å²) in [4.78, 5) is 80.2. The van der Waals surface area contributed by atoms with Crippen molar-refractivity contribution >= 4 is 52.6 Å². The lowest BCUT2D eigenvalue weighted by atomic mass is 9.44. The molecule has 4 fully saturated rings. The van der Waals surface area contributed by atoms with Crippen LogP contribution >= 0.6 is 11.8 Å². The van der Waals surface area contributed by atoms with Crippen molar-refractivity contribution in [2.24, 2.45) is 28.6 Å². The highest BCUT2D eigenvalue weighted by Gasteiger charge is 2.80. The fraction of sp³-hybridized carbons (Fsp3) is 0.480. The first-order chi connectivity index (χ1) is 31.2. The summed E-state index contributed by atoms with van der Waals surface area (Å²) < 4.78 is 47.0. The highest BCUT2D eigenvalue weighted by atomic mass is 32.2. The second-order valence-electron chi connectivity index (χ2n) is 19.0. The summed E-state index contributed by atoms with van der Waals surface area (Å²) in [5, 5.41) is 24.9. The molecule has 2 heterocycles. The number of amides is 4. The van der Waals surface area contributed by atoms with Crippen LogP contribution in [0, 0.1) is 28.6 Å². The number of carbonyl (C=O) groups is 6. The molecule has 0 aromatic heterocycles. The number of likely N-dealkylation sites (N-methyl/N-ethyl adjacent to an activating group) is 1. The first-order valence-electron chi connectivity index (χ1n) is 22.3. The molecule has 1 saturated heterocycles. The molecule has 0 unspecified atom stereocenters. The van der Waals surface area contributed by atoms with Gasteiger partial charge < -0.3 is 29.9 Å². The number of nitrogens with zero attached hydrogens (tertiary/aromatic N) is 2. The number of hydrogen-bond donors (Lipinski definition) is 3. The number of rotatable bonds is 14. The van der Waals surface area contributed by atoms with Crippen molar-refractivity contribution < 1.29 is 57.2 Å². The van der Waals surface area contributed by atoms with Crippen molar-refractivity contribution in [1.29, 1.82) is 0 Å². The summed E-state index contributed by atoms with van der Waals surface area (Å²) >= 11 is 1.45. The van der Waals surface area contributed by atoms with Gasteiger partial charge in [-0.2, -0.15) is 0 Å². The Balaban J connectivity index is 0.878. The van der Waals surface area contributed by atoms with E-state index < -0.39 is 101 Å². The molecule has 8 rings (SSSR count). The van der Waals surface area contributed by atoms with Crippen molar-refractivity contribution in [3.8, 4) is 0 Å². The minimum absolute atomic E-state index is 0.0646. The van der Waals surface area contributed by atoms with Crippen LogP contribution in [-0.4, -0.2) is 106 Å². The Hall–Kier alpha value is -5.13. The van der Waals surface area contributed by atoms with Crippen molar-refractivity contribution in [3.05, 3.63) is 102 Å². The van der Waals surface area contributed by atoms with Crippen LogP contribution in [0.2, 0.25) is 0 Å². The van der Waals surface area contributed by atoms with E-state index in [1.54, 1.807) is 65.1 Å². The second kappa shape index (κ2) is 17.5.